The molecule has 0 atom stereocenters. The number of aromatic nitrogens is 1. The fourth-order valence-electron chi connectivity index (χ4n) is 3.42. The molecule has 0 saturated carbocycles. The van der Waals surface area contributed by atoms with Gasteiger partial charge in [0.1, 0.15) is 4.90 Å². The van der Waals surface area contributed by atoms with Crippen LogP contribution in [0.3, 0.4) is 0 Å². The standard InChI is InChI=1S/C22H17ClN2O5S2/c1-31(27,28)16-6-2-13(3-7-16)18-12-25-20-10-14(4-8-17(18)20)22(26)15-5-9-19(23)21(11-15)32(24,29)30/h2-12,25H,1H3,(H2,24,29,30). The highest BCUT2D eigenvalue weighted by atomic mass is 35.5. The number of hydrogen-bond donors (Lipinski definition) is 2. The van der Waals surface area contributed by atoms with Gasteiger partial charge in [0.2, 0.25) is 10.0 Å². The third kappa shape index (κ3) is 4.20. The number of halogens is 1. The summed E-state index contributed by atoms with van der Waals surface area (Å²) >= 11 is 5.90. The van der Waals surface area contributed by atoms with Crippen molar-refractivity contribution in [2.75, 3.05) is 6.26 Å². The van der Waals surface area contributed by atoms with Gasteiger partial charge in [-0.1, -0.05) is 35.9 Å². The molecular weight excluding hydrogens is 472 g/mol. The smallest absolute Gasteiger partial charge is 0.239 e. The topological polar surface area (TPSA) is 127 Å². The van der Waals surface area contributed by atoms with Crippen molar-refractivity contribution in [2.24, 2.45) is 5.14 Å². The molecule has 3 aromatic carbocycles. The van der Waals surface area contributed by atoms with Crippen molar-refractivity contribution in [3.05, 3.63) is 83.0 Å². The summed E-state index contributed by atoms with van der Waals surface area (Å²) in [7, 11) is -7.36. The lowest BCUT2D eigenvalue weighted by molar-refractivity contribution is 0.103. The molecule has 3 N–H and O–H groups in total. The Balaban J connectivity index is 1.71. The molecule has 10 heteroatoms. The van der Waals surface area contributed by atoms with Crippen molar-refractivity contribution >= 4 is 48.1 Å². The van der Waals surface area contributed by atoms with Gasteiger partial charge in [-0.05, 0) is 42.0 Å². The van der Waals surface area contributed by atoms with Gasteiger partial charge in [-0.15, -0.1) is 0 Å². The Morgan fingerprint density at radius 2 is 1.53 bits per heavy atom. The Morgan fingerprint density at radius 1 is 0.906 bits per heavy atom. The molecule has 1 aromatic heterocycles. The summed E-state index contributed by atoms with van der Waals surface area (Å²) in [5, 5.41) is 5.95. The minimum absolute atomic E-state index is 0.0598. The summed E-state index contributed by atoms with van der Waals surface area (Å²) < 4.78 is 46.7. The zero-order valence-corrected chi connectivity index (χ0v) is 19.1. The van der Waals surface area contributed by atoms with E-state index in [1.54, 1.807) is 48.7 Å². The third-order valence-corrected chi connectivity index (χ3v) is 7.56. The number of carbonyl (C=O) groups is 1. The van der Waals surface area contributed by atoms with Gasteiger partial charge >= 0.3 is 0 Å². The fourth-order valence-corrected chi connectivity index (χ4v) is 5.12. The van der Waals surface area contributed by atoms with Crippen LogP contribution in [0, 0.1) is 0 Å². The summed E-state index contributed by atoms with van der Waals surface area (Å²) in [5.74, 6) is -0.387. The number of nitrogens with two attached hydrogens (primary N) is 1. The highest BCUT2D eigenvalue weighted by molar-refractivity contribution is 7.90. The van der Waals surface area contributed by atoms with Crippen LogP contribution in [0.1, 0.15) is 15.9 Å². The largest absolute Gasteiger partial charge is 0.361 e. The number of sulfone groups is 1. The molecule has 32 heavy (non-hydrogen) atoms. The van der Waals surface area contributed by atoms with Crippen LogP contribution in [-0.4, -0.2) is 33.9 Å². The van der Waals surface area contributed by atoms with Crippen LogP contribution >= 0.6 is 11.6 Å². The first kappa shape index (κ1) is 22.2. The molecule has 0 bridgehead atoms. The van der Waals surface area contributed by atoms with Gasteiger partial charge in [0.05, 0.1) is 9.92 Å². The van der Waals surface area contributed by atoms with Crippen LogP contribution in [0.15, 0.2) is 76.7 Å². The zero-order valence-electron chi connectivity index (χ0n) is 16.7. The molecule has 4 aromatic rings. The van der Waals surface area contributed by atoms with E-state index in [-0.39, 0.29) is 26.2 Å². The number of rotatable bonds is 5. The molecule has 0 amide bonds. The van der Waals surface area contributed by atoms with Gasteiger partial charge in [0.15, 0.2) is 15.6 Å². The Morgan fingerprint density at radius 3 is 2.16 bits per heavy atom. The van der Waals surface area contributed by atoms with E-state index in [0.717, 1.165) is 28.8 Å². The van der Waals surface area contributed by atoms with E-state index < -0.39 is 19.9 Å². The monoisotopic (exact) mass is 488 g/mol. The van der Waals surface area contributed by atoms with Crippen LogP contribution in [-0.2, 0) is 19.9 Å². The maximum Gasteiger partial charge on any atom is 0.239 e. The number of hydrogen-bond acceptors (Lipinski definition) is 5. The SMILES string of the molecule is CS(=O)(=O)c1ccc(-c2c[nH]c3cc(C(=O)c4ccc(Cl)c(S(N)(=O)=O)c4)ccc23)cc1. The first-order valence-electron chi connectivity index (χ1n) is 9.24. The van der Waals surface area contributed by atoms with E-state index >= 15 is 0 Å². The van der Waals surface area contributed by atoms with Gasteiger partial charge in [-0.3, -0.25) is 4.79 Å². The van der Waals surface area contributed by atoms with Crippen molar-refractivity contribution in [2.45, 2.75) is 9.79 Å². The lowest BCUT2D eigenvalue weighted by Crippen LogP contribution is -2.14. The van der Waals surface area contributed by atoms with Crippen LogP contribution < -0.4 is 5.14 Å². The normalized spacial score (nSPS) is 12.2. The van der Waals surface area contributed by atoms with E-state index in [9.17, 15) is 21.6 Å². The molecule has 0 saturated heterocycles. The summed E-state index contributed by atoms with van der Waals surface area (Å²) in [6, 6.07) is 15.5. The molecule has 0 aliphatic heterocycles. The molecule has 0 spiro atoms. The number of H-pyrrole nitrogens is 1. The average Bonchev–Trinajstić information content (AvgIpc) is 3.15. The summed E-state index contributed by atoms with van der Waals surface area (Å²) in [5.41, 5.74) is 2.85. The molecule has 1 heterocycles. The van der Waals surface area contributed by atoms with Gasteiger partial charge < -0.3 is 4.98 Å². The molecule has 0 radical (unpaired) electrons. The van der Waals surface area contributed by atoms with Crippen molar-refractivity contribution in [3.8, 4) is 11.1 Å². The van der Waals surface area contributed by atoms with Crippen molar-refractivity contribution in [1.29, 1.82) is 0 Å². The van der Waals surface area contributed by atoms with Crippen molar-refractivity contribution in [1.82, 2.24) is 4.98 Å². The van der Waals surface area contributed by atoms with Crippen molar-refractivity contribution in [3.63, 3.8) is 0 Å². The Labute approximate surface area is 189 Å². The number of benzene rings is 3. The first-order valence-corrected chi connectivity index (χ1v) is 13.1. The Kier molecular flexibility index (Phi) is 5.46. The highest BCUT2D eigenvalue weighted by Gasteiger charge is 2.18. The molecule has 0 aliphatic rings. The van der Waals surface area contributed by atoms with E-state index in [0.29, 0.717) is 11.1 Å². The predicted molar refractivity (Wildman–Crippen MR) is 123 cm³/mol. The lowest BCUT2D eigenvalue weighted by Gasteiger charge is -2.06. The number of sulfonamides is 1. The summed E-state index contributed by atoms with van der Waals surface area (Å²) in [4.78, 5) is 16.0. The maximum absolute atomic E-state index is 12.9. The van der Waals surface area contributed by atoms with E-state index in [1.807, 2.05) is 0 Å². The summed E-state index contributed by atoms with van der Waals surface area (Å²) in [6.07, 6.45) is 2.93. The Hall–Kier alpha value is -2.98. The molecule has 0 unspecified atom stereocenters. The second-order valence-corrected chi connectivity index (χ2v) is 11.2. The quantitative estimate of drug-likeness (QED) is 0.413. The number of ketones is 1. The van der Waals surface area contributed by atoms with Crippen LogP contribution in [0.4, 0.5) is 0 Å². The predicted octanol–water partition coefficient (Wildman–Crippen LogP) is 3.77. The second kappa shape index (κ2) is 7.86. The lowest BCUT2D eigenvalue weighted by atomic mass is 10.00. The highest BCUT2D eigenvalue weighted by Crippen LogP contribution is 2.31. The Bertz CT molecular complexity index is 1590. The number of primary sulfonamides is 1. The maximum atomic E-state index is 12.9. The third-order valence-electron chi connectivity index (χ3n) is 5.04. The van der Waals surface area contributed by atoms with Gasteiger partial charge in [-0.2, -0.15) is 0 Å². The first-order chi connectivity index (χ1) is 14.9. The van der Waals surface area contributed by atoms with Gasteiger partial charge in [0.25, 0.3) is 0 Å². The van der Waals surface area contributed by atoms with Crippen LogP contribution in [0.25, 0.3) is 22.0 Å². The van der Waals surface area contributed by atoms with E-state index in [1.165, 1.54) is 12.1 Å². The minimum Gasteiger partial charge on any atom is -0.361 e. The van der Waals surface area contributed by atoms with Gasteiger partial charge in [-0.25, -0.2) is 22.0 Å². The molecule has 164 valence electrons. The zero-order chi connectivity index (χ0) is 23.3. The second-order valence-electron chi connectivity index (χ2n) is 7.28. The summed E-state index contributed by atoms with van der Waals surface area (Å²) in [6.45, 7) is 0. The fraction of sp³-hybridized carbons (Fsp3) is 0.0455. The number of fused-ring (bicyclic) bond motifs is 1. The van der Waals surface area contributed by atoms with E-state index in [4.69, 9.17) is 16.7 Å². The van der Waals surface area contributed by atoms with Crippen molar-refractivity contribution < 1.29 is 21.6 Å². The minimum atomic E-state index is -4.07. The molecular formula is C22H17ClN2O5S2. The van der Waals surface area contributed by atoms with E-state index in [2.05, 4.69) is 4.98 Å². The van der Waals surface area contributed by atoms with Crippen LogP contribution in [0.5, 0.6) is 0 Å². The average molecular weight is 489 g/mol. The molecule has 0 fully saturated rings. The molecule has 0 aliphatic carbocycles. The molecule has 4 rings (SSSR count). The number of carbonyl (C=O) groups excluding carboxylic acids is 1. The van der Waals surface area contributed by atoms with Gasteiger partial charge in [0, 0.05) is 40.0 Å². The number of aromatic amines is 1. The van der Waals surface area contributed by atoms with Crippen LogP contribution in [0.2, 0.25) is 5.02 Å². The number of nitrogens with one attached hydrogen (secondary N) is 1. The molecule has 7 nitrogen and oxygen atoms in total.